The topological polar surface area (TPSA) is 106 Å². The van der Waals surface area contributed by atoms with Gasteiger partial charge in [0.25, 0.3) is 0 Å². The van der Waals surface area contributed by atoms with Crippen LogP contribution in [0.4, 0.5) is 14.4 Å². The van der Waals surface area contributed by atoms with Crippen LogP contribution in [-0.4, -0.2) is 77.2 Å². The number of urea groups is 3. The Morgan fingerprint density at radius 1 is 0.476 bits per heavy atom. The Morgan fingerprint density at radius 2 is 0.762 bits per heavy atom. The minimum atomic E-state index is 0.00327. The van der Waals surface area contributed by atoms with Gasteiger partial charge in [0.05, 0.1) is 0 Å². The Bertz CT molecular complexity index is 925. The lowest BCUT2D eigenvalue weighted by Crippen LogP contribution is -2.63. The zero-order valence-corrected chi connectivity index (χ0v) is 25.4. The highest BCUT2D eigenvalue weighted by atomic mass is 16.2. The van der Waals surface area contributed by atoms with E-state index in [9.17, 15) is 14.4 Å². The fourth-order valence-electron chi connectivity index (χ4n) is 12.1. The van der Waals surface area contributed by atoms with E-state index in [-0.39, 0.29) is 41.3 Å². The van der Waals surface area contributed by atoms with Crippen LogP contribution in [0.2, 0.25) is 0 Å². The van der Waals surface area contributed by atoms with Crippen molar-refractivity contribution in [1.29, 1.82) is 0 Å². The molecule has 2 aliphatic heterocycles. The van der Waals surface area contributed by atoms with Gasteiger partial charge in [-0.2, -0.15) is 0 Å². The molecule has 42 heavy (non-hydrogen) atoms. The first kappa shape index (κ1) is 27.4. The van der Waals surface area contributed by atoms with Gasteiger partial charge in [-0.3, -0.25) is 0 Å². The van der Waals surface area contributed by atoms with Crippen molar-refractivity contribution in [3.63, 3.8) is 0 Å². The van der Waals surface area contributed by atoms with E-state index in [0.717, 1.165) is 61.2 Å². The van der Waals surface area contributed by atoms with Crippen molar-refractivity contribution >= 4 is 18.1 Å². The normalized spacial score (nSPS) is 42.5. The fraction of sp³-hybridized carbons (Fsp3) is 0.909. The number of piperidine rings is 2. The molecule has 0 aromatic carbocycles. The number of carbonyl (C=O) groups is 3. The Labute approximate surface area is 251 Å². The summed E-state index contributed by atoms with van der Waals surface area (Å²) < 4.78 is 0. The quantitative estimate of drug-likeness (QED) is 0.391. The number of likely N-dealkylation sites (tertiary alicyclic amines) is 2. The second-order valence-corrected chi connectivity index (χ2v) is 16.4. The van der Waals surface area contributed by atoms with Crippen molar-refractivity contribution in [3.8, 4) is 0 Å². The first-order valence-corrected chi connectivity index (χ1v) is 17.5. The number of nitrogens with one attached hydrogen (secondary N) is 4. The summed E-state index contributed by atoms with van der Waals surface area (Å²) in [6.07, 6.45) is 18.5. The Morgan fingerprint density at radius 3 is 1.05 bits per heavy atom. The van der Waals surface area contributed by atoms with Gasteiger partial charge >= 0.3 is 18.1 Å². The third-order valence-corrected chi connectivity index (χ3v) is 13.0. The number of carbonyl (C=O) groups excluding carboxylic acids is 3. The summed E-state index contributed by atoms with van der Waals surface area (Å²) in [6, 6.07) is 0.380. The Balaban J connectivity index is 0.752. The van der Waals surface area contributed by atoms with Crippen LogP contribution < -0.4 is 21.3 Å². The molecular formula is C33H52N6O3. The third-order valence-electron chi connectivity index (χ3n) is 13.0. The van der Waals surface area contributed by atoms with Gasteiger partial charge < -0.3 is 31.1 Å². The maximum Gasteiger partial charge on any atom is 0.320 e. The molecule has 0 aromatic rings. The molecule has 10 fully saturated rings. The van der Waals surface area contributed by atoms with E-state index in [4.69, 9.17) is 0 Å². The second kappa shape index (κ2) is 10.5. The van der Waals surface area contributed by atoms with Crippen molar-refractivity contribution in [2.24, 2.45) is 35.5 Å². The van der Waals surface area contributed by atoms with Crippen molar-refractivity contribution in [2.45, 2.75) is 126 Å². The number of hydrogen-bond donors (Lipinski definition) is 4. The first-order chi connectivity index (χ1) is 20.3. The maximum atomic E-state index is 13.3. The summed E-state index contributed by atoms with van der Waals surface area (Å²) in [7, 11) is 0. The summed E-state index contributed by atoms with van der Waals surface area (Å²) in [5.74, 6) is 4.89. The van der Waals surface area contributed by atoms with E-state index >= 15 is 0 Å². The molecule has 2 saturated heterocycles. The molecule has 0 aromatic heterocycles. The maximum absolute atomic E-state index is 13.3. The van der Waals surface area contributed by atoms with E-state index in [2.05, 4.69) is 21.3 Å². The van der Waals surface area contributed by atoms with Gasteiger partial charge in [-0.25, -0.2) is 14.4 Å². The minimum absolute atomic E-state index is 0.00327. The van der Waals surface area contributed by atoms with Crippen LogP contribution in [0, 0.1) is 35.5 Å². The van der Waals surface area contributed by atoms with E-state index in [1.165, 1.54) is 77.0 Å². The second-order valence-electron chi connectivity index (χ2n) is 16.4. The molecule has 0 spiro atoms. The van der Waals surface area contributed by atoms with Crippen LogP contribution in [0.25, 0.3) is 0 Å². The van der Waals surface area contributed by atoms with Crippen LogP contribution >= 0.6 is 0 Å². The SMILES string of the molecule is O=C(NC1CCN(C(=O)N2CCC(NC(=O)NC34CC5CC(CC(C5)C3)C4)CC2)CC1)NC12CC3CC(CC(C3)C1)C2. The van der Waals surface area contributed by atoms with Gasteiger partial charge in [-0.15, -0.1) is 0 Å². The highest BCUT2D eigenvalue weighted by Crippen LogP contribution is 2.56. The highest BCUT2D eigenvalue weighted by molar-refractivity contribution is 5.77. The molecule has 0 unspecified atom stereocenters. The molecule has 4 N–H and O–H groups in total. The van der Waals surface area contributed by atoms with Gasteiger partial charge in [0, 0.05) is 49.3 Å². The van der Waals surface area contributed by atoms with Gasteiger partial charge in [-0.1, -0.05) is 0 Å². The van der Waals surface area contributed by atoms with Crippen molar-refractivity contribution in [2.75, 3.05) is 26.2 Å². The molecular weight excluding hydrogens is 528 g/mol. The molecule has 9 nitrogen and oxygen atoms in total. The van der Waals surface area contributed by atoms with Crippen LogP contribution in [0.15, 0.2) is 0 Å². The number of hydrogen-bond acceptors (Lipinski definition) is 3. The lowest BCUT2D eigenvalue weighted by atomic mass is 9.53. The molecule has 6 amide bonds. The molecule has 0 atom stereocenters. The van der Waals surface area contributed by atoms with Crippen LogP contribution in [0.1, 0.15) is 103 Å². The first-order valence-electron chi connectivity index (χ1n) is 17.5. The monoisotopic (exact) mass is 580 g/mol. The predicted molar refractivity (Wildman–Crippen MR) is 160 cm³/mol. The summed E-state index contributed by atoms with van der Waals surface area (Å²) in [5, 5.41) is 13.4. The summed E-state index contributed by atoms with van der Waals surface area (Å²) >= 11 is 0. The summed E-state index contributed by atoms with van der Waals surface area (Å²) in [4.78, 5) is 43.2. The van der Waals surface area contributed by atoms with Gasteiger partial charge in [-0.05, 0) is 138 Å². The van der Waals surface area contributed by atoms with E-state index in [1.54, 1.807) is 0 Å². The smallest absolute Gasteiger partial charge is 0.320 e. The molecule has 8 bridgehead atoms. The summed E-state index contributed by atoms with van der Waals surface area (Å²) in [6.45, 7) is 2.75. The lowest BCUT2D eigenvalue weighted by molar-refractivity contribution is -0.0140. The van der Waals surface area contributed by atoms with Crippen LogP contribution in [0.3, 0.4) is 0 Å². The molecule has 2 heterocycles. The summed E-state index contributed by atoms with van der Waals surface area (Å²) in [5.41, 5.74) is 0.0674. The Kier molecular flexibility index (Phi) is 6.82. The lowest BCUT2D eigenvalue weighted by Gasteiger charge is -2.56. The van der Waals surface area contributed by atoms with Gasteiger partial charge in [0.2, 0.25) is 0 Å². The average molecular weight is 581 g/mol. The molecule has 232 valence electrons. The van der Waals surface area contributed by atoms with E-state index in [1.807, 2.05) is 9.80 Å². The van der Waals surface area contributed by atoms with E-state index < -0.39 is 0 Å². The van der Waals surface area contributed by atoms with Crippen molar-refractivity contribution in [1.82, 2.24) is 31.1 Å². The largest absolute Gasteiger partial charge is 0.335 e. The molecule has 9 heteroatoms. The van der Waals surface area contributed by atoms with E-state index in [0.29, 0.717) is 26.2 Å². The molecule has 10 rings (SSSR count). The number of amides is 6. The molecule has 0 radical (unpaired) electrons. The number of rotatable bonds is 4. The number of nitrogens with zero attached hydrogens (tertiary/aromatic N) is 2. The zero-order valence-electron chi connectivity index (χ0n) is 25.4. The molecule has 8 saturated carbocycles. The Hall–Kier alpha value is -2.19. The van der Waals surface area contributed by atoms with Crippen LogP contribution in [-0.2, 0) is 0 Å². The zero-order chi connectivity index (χ0) is 28.5. The van der Waals surface area contributed by atoms with Crippen molar-refractivity contribution < 1.29 is 14.4 Å². The van der Waals surface area contributed by atoms with Gasteiger partial charge in [0.15, 0.2) is 0 Å². The molecule has 10 aliphatic rings. The van der Waals surface area contributed by atoms with Crippen LogP contribution in [0.5, 0.6) is 0 Å². The van der Waals surface area contributed by atoms with Gasteiger partial charge in [0.1, 0.15) is 0 Å². The fourth-order valence-corrected chi connectivity index (χ4v) is 12.1. The average Bonchev–Trinajstić information content (AvgIpc) is 2.91. The molecule has 8 aliphatic carbocycles. The minimum Gasteiger partial charge on any atom is -0.335 e. The van der Waals surface area contributed by atoms with Crippen molar-refractivity contribution in [3.05, 3.63) is 0 Å². The predicted octanol–water partition coefficient (Wildman–Crippen LogP) is 4.57. The highest BCUT2D eigenvalue weighted by Gasteiger charge is 2.53. The standard InChI is InChI=1S/C33H52N6O3/c40-29(36-32-15-21-9-22(16-32)11-23(10-21)17-32)34-27-1-5-38(6-2-27)31(42)39-7-3-28(4-8-39)35-30(41)37-33-18-24-12-25(19-33)14-26(13-24)20-33/h21-28H,1-20H2,(H2,34,36,40)(H2,35,37,41). The third kappa shape index (κ3) is 5.36.